The summed E-state index contributed by atoms with van der Waals surface area (Å²) in [5.74, 6) is 1.19. The Kier molecular flexibility index (Phi) is 7.42. The maximum atomic E-state index is 9.54. The maximum Gasteiger partial charge on any atom is 0.187 e. The average Bonchev–Trinajstić information content (AvgIpc) is 2.79. The SMILES string of the molecule is CCOc1c(Cl)cc(C(C)(C)c2ccc(OCc3ccnc(SC)n3)cc2)cc1C#N. The number of hydrogen-bond acceptors (Lipinski definition) is 6. The first kappa shape index (κ1) is 22.9. The standard InChI is InChI=1S/C24H24ClN3O2S/c1-5-29-22-16(14-26)12-18(13-21(22)25)24(2,3)17-6-8-20(9-7-17)30-15-19-10-11-27-23(28-19)31-4/h6-13H,5,15H2,1-4H3. The minimum Gasteiger partial charge on any atom is -0.491 e. The molecule has 1 aromatic heterocycles. The lowest BCUT2D eigenvalue weighted by Gasteiger charge is -2.27. The number of thioether (sulfide) groups is 1. The molecule has 7 heteroatoms. The second-order valence-electron chi connectivity index (χ2n) is 7.35. The molecule has 31 heavy (non-hydrogen) atoms. The van der Waals surface area contributed by atoms with Crippen molar-refractivity contribution in [3.8, 4) is 17.6 Å². The van der Waals surface area contributed by atoms with E-state index in [0.29, 0.717) is 29.5 Å². The number of hydrogen-bond donors (Lipinski definition) is 0. The molecule has 0 aliphatic rings. The fourth-order valence-electron chi connectivity index (χ4n) is 3.17. The molecule has 1 heterocycles. The van der Waals surface area contributed by atoms with Crippen LogP contribution in [0.4, 0.5) is 0 Å². The summed E-state index contributed by atoms with van der Waals surface area (Å²) >= 11 is 7.92. The molecule has 0 unspecified atom stereocenters. The first-order valence-electron chi connectivity index (χ1n) is 9.85. The van der Waals surface area contributed by atoms with Gasteiger partial charge in [0.05, 0.1) is 22.9 Å². The maximum absolute atomic E-state index is 9.54. The highest BCUT2D eigenvalue weighted by Crippen LogP contribution is 2.38. The van der Waals surface area contributed by atoms with E-state index in [1.165, 1.54) is 11.8 Å². The van der Waals surface area contributed by atoms with E-state index in [1.807, 2.05) is 55.6 Å². The number of aromatic nitrogens is 2. The van der Waals surface area contributed by atoms with Gasteiger partial charge < -0.3 is 9.47 Å². The molecule has 0 fully saturated rings. The van der Waals surface area contributed by atoms with Gasteiger partial charge in [-0.3, -0.25) is 0 Å². The van der Waals surface area contributed by atoms with Crippen molar-refractivity contribution in [2.45, 2.75) is 37.9 Å². The smallest absolute Gasteiger partial charge is 0.187 e. The molecule has 0 bridgehead atoms. The number of nitriles is 1. The van der Waals surface area contributed by atoms with Gasteiger partial charge >= 0.3 is 0 Å². The first-order chi connectivity index (χ1) is 14.9. The lowest BCUT2D eigenvalue weighted by Crippen LogP contribution is -2.19. The van der Waals surface area contributed by atoms with Crippen LogP contribution in [-0.4, -0.2) is 22.8 Å². The average molecular weight is 454 g/mol. The van der Waals surface area contributed by atoms with Crippen LogP contribution in [0.5, 0.6) is 11.5 Å². The van der Waals surface area contributed by atoms with Gasteiger partial charge in [-0.2, -0.15) is 5.26 Å². The van der Waals surface area contributed by atoms with Crippen molar-refractivity contribution in [3.05, 3.63) is 76.1 Å². The molecule has 0 saturated carbocycles. The molecule has 3 aromatic rings. The van der Waals surface area contributed by atoms with Crippen LogP contribution in [-0.2, 0) is 12.0 Å². The third kappa shape index (κ3) is 5.30. The zero-order valence-corrected chi connectivity index (χ0v) is 19.5. The fraction of sp³-hybridized carbons (Fsp3) is 0.292. The molecule has 5 nitrogen and oxygen atoms in total. The van der Waals surface area contributed by atoms with Gasteiger partial charge in [0.1, 0.15) is 18.4 Å². The van der Waals surface area contributed by atoms with Crippen LogP contribution in [0.25, 0.3) is 0 Å². The molecule has 0 saturated heterocycles. The molecular formula is C24H24ClN3O2S. The number of ether oxygens (including phenoxy) is 2. The number of halogens is 1. The highest BCUT2D eigenvalue weighted by Gasteiger charge is 2.26. The van der Waals surface area contributed by atoms with Crippen molar-refractivity contribution in [2.24, 2.45) is 0 Å². The lowest BCUT2D eigenvalue weighted by molar-refractivity contribution is 0.300. The minimum atomic E-state index is -0.363. The van der Waals surface area contributed by atoms with Gasteiger partial charge in [-0.25, -0.2) is 9.97 Å². The van der Waals surface area contributed by atoms with E-state index in [2.05, 4.69) is 29.9 Å². The zero-order valence-electron chi connectivity index (χ0n) is 18.0. The predicted octanol–water partition coefficient (Wildman–Crippen LogP) is 6.03. The molecule has 0 radical (unpaired) electrons. The van der Waals surface area contributed by atoms with E-state index in [-0.39, 0.29) is 5.41 Å². The van der Waals surface area contributed by atoms with Crippen molar-refractivity contribution in [3.63, 3.8) is 0 Å². The highest BCUT2D eigenvalue weighted by atomic mass is 35.5. The quantitative estimate of drug-likeness (QED) is 0.306. The Balaban J connectivity index is 1.79. The second kappa shape index (κ2) is 10.0. The van der Waals surface area contributed by atoms with Gasteiger partial charge in [0.25, 0.3) is 0 Å². The Hall–Kier alpha value is -2.75. The third-order valence-corrected chi connectivity index (χ3v) is 5.85. The van der Waals surface area contributed by atoms with Crippen LogP contribution < -0.4 is 9.47 Å². The van der Waals surface area contributed by atoms with Crippen molar-refractivity contribution in [1.82, 2.24) is 9.97 Å². The lowest BCUT2D eigenvalue weighted by atomic mass is 9.77. The summed E-state index contributed by atoms with van der Waals surface area (Å²) in [5, 5.41) is 10.7. The molecule has 0 atom stereocenters. The summed E-state index contributed by atoms with van der Waals surface area (Å²) in [7, 11) is 0. The summed E-state index contributed by atoms with van der Waals surface area (Å²) in [4.78, 5) is 8.60. The largest absolute Gasteiger partial charge is 0.491 e. The first-order valence-corrected chi connectivity index (χ1v) is 11.5. The Labute approximate surface area is 192 Å². The Bertz CT molecular complexity index is 1090. The van der Waals surface area contributed by atoms with Crippen LogP contribution in [0.3, 0.4) is 0 Å². The second-order valence-corrected chi connectivity index (χ2v) is 8.53. The van der Waals surface area contributed by atoms with Crippen LogP contribution in [0.15, 0.2) is 53.8 Å². The topological polar surface area (TPSA) is 68.0 Å². The van der Waals surface area contributed by atoms with E-state index >= 15 is 0 Å². The van der Waals surface area contributed by atoms with Crippen LogP contribution >= 0.6 is 23.4 Å². The molecule has 3 rings (SSSR count). The highest BCUT2D eigenvalue weighted by molar-refractivity contribution is 7.98. The molecule has 0 amide bonds. The number of rotatable bonds is 8. The van der Waals surface area contributed by atoms with Crippen LogP contribution in [0, 0.1) is 11.3 Å². The fourth-order valence-corrected chi connectivity index (χ4v) is 3.82. The summed E-state index contributed by atoms with van der Waals surface area (Å²) in [6.45, 7) is 6.89. The van der Waals surface area contributed by atoms with Crippen molar-refractivity contribution >= 4 is 23.4 Å². The van der Waals surface area contributed by atoms with E-state index in [0.717, 1.165) is 27.7 Å². The summed E-state index contributed by atoms with van der Waals surface area (Å²) in [5.41, 5.74) is 2.93. The molecule has 0 aliphatic heterocycles. The van der Waals surface area contributed by atoms with Gasteiger partial charge in [0.15, 0.2) is 10.9 Å². The normalized spacial score (nSPS) is 11.1. The molecule has 2 aromatic carbocycles. The predicted molar refractivity (Wildman–Crippen MR) is 124 cm³/mol. The monoisotopic (exact) mass is 453 g/mol. The van der Waals surface area contributed by atoms with Crippen molar-refractivity contribution in [1.29, 1.82) is 5.26 Å². The van der Waals surface area contributed by atoms with E-state index in [1.54, 1.807) is 6.20 Å². The number of nitrogens with zero attached hydrogens (tertiary/aromatic N) is 3. The molecule has 0 aliphatic carbocycles. The number of benzene rings is 2. The minimum absolute atomic E-state index is 0.363. The van der Waals surface area contributed by atoms with Gasteiger partial charge in [0.2, 0.25) is 0 Å². The third-order valence-electron chi connectivity index (χ3n) is 5.01. The molecule has 0 N–H and O–H groups in total. The Morgan fingerprint density at radius 3 is 2.48 bits per heavy atom. The molecule has 160 valence electrons. The van der Waals surface area contributed by atoms with Crippen molar-refractivity contribution < 1.29 is 9.47 Å². The Morgan fingerprint density at radius 1 is 1.10 bits per heavy atom. The Morgan fingerprint density at radius 2 is 1.84 bits per heavy atom. The van der Waals surface area contributed by atoms with Gasteiger partial charge in [0, 0.05) is 11.6 Å². The van der Waals surface area contributed by atoms with Crippen LogP contribution in [0.2, 0.25) is 5.02 Å². The summed E-state index contributed by atoms with van der Waals surface area (Å²) in [6, 6.07) is 15.7. The van der Waals surface area contributed by atoms with E-state index < -0.39 is 0 Å². The summed E-state index contributed by atoms with van der Waals surface area (Å²) < 4.78 is 11.4. The zero-order chi connectivity index (χ0) is 22.4. The van der Waals surface area contributed by atoms with E-state index in [9.17, 15) is 5.26 Å². The van der Waals surface area contributed by atoms with E-state index in [4.69, 9.17) is 21.1 Å². The van der Waals surface area contributed by atoms with Crippen LogP contribution in [0.1, 0.15) is 43.2 Å². The van der Waals surface area contributed by atoms with Gasteiger partial charge in [-0.05, 0) is 54.6 Å². The molecule has 0 spiro atoms. The summed E-state index contributed by atoms with van der Waals surface area (Å²) in [6.07, 6.45) is 3.68. The molecular weight excluding hydrogens is 430 g/mol. The van der Waals surface area contributed by atoms with Gasteiger partial charge in [-0.15, -0.1) is 0 Å². The van der Waals surface area contributed by atoms with Gasteiger partial charge in [-0.1, -0.05) is 49.3 Å². The van der Waals surface area contributed by atoms with Crippen molar-refractivity contribution in [2.75, 3.05) is 12.9 Å².